The molecule has 1 saturated heterocycles. The molecule has 1 aliphatic heterocycles. The summed E-state index contributed by atoms with van der Waals surface area (Å²) in [5, 5.41) is 0.630. The van der Waals surface area contributed by atoms with E-state index in [2.05, 4.69) is 49.6 Å². The second kappa shape index (κ2) is 10.4. The van der Waals surface area contributed by atoms with Crippen LogP contribution in [0.3, 0.4) is 0 Å². The van der Waals surface area contributed by atoms with Crippen molar-refractivity contribution in [2.24, 2.45) is 0 Å². The van der Waals surface area contributed by atoms with E-state index in [4.69, 9.17) is 21.3 Å². The van der Waals surface area contributed by atoms with E-state index in [0.29, 0.717) is 30.5 Å². The molecular formula is C30H32ClN3O2. The van der Waals surface area contributed by atoms with Crippen LogP contribution in [0.1, 0.15) is 55.5 Å². The van der Waals surface area contributed by atoms with Crippen molar-refractivity contribution in [3.63, 3.8) is 0 Å². The number of benzene rings is 3. The van der Waals surface area contributed by atoms with Gasteiger partial charge in [-0.3, -0.25) is 4.79 Å². The van der Waals surface area contributed by atoms with Crippen molar-refractivity contribution in [2.45, 2.75) is 52.0 Å². The standard InChI is InChI=1S/C30H32ClN3O2/c1-20(2)25-13-12-21(3)16-28(25)36-15-7-14-33-27-11-5-4-10-26(27)32-30(33)22-17-29(35)34(19-22)24-9-6-8-23(31)18-24/h4-6,8-13,16,18,20,22H,7,14-15,17,19H2,1-3H3. The molecule has 3 aromatic carbocycles. The minimum atomic E-state index is 0.0223. The highest BCUT2D eigenvalue weighted by Gasteiger charge is 2.34. The molecule has 4 aromatic rings. The fraction of sp³-hybridized carbons (Fsp3) is 0.333. The number of aromatic nitrogens is 2. The van der Waals surface area contributed by atoms with Gasteiger partial charge in [0.05, 0.1) is 17.6 Å². The Hall–Kier alpha value is -3.31. The minimum Gasteiger partial charge on any atom is -0.493 e. The number of anilines is 1. The van der Waals surface area contributed by atoms with Crippen LogP contribution in [0, 0.1) is 6.92 Å². The highest BCUT2D eigenvalue weighted by molar-refractivity contribution is 6.30. The Morgan fingerprint density at radius 3 is 2.72 bits per heavy atom. The zero-order valence-electron chi connectivity index (χ0n) is 21.1. The molecule has 0 spiro atoms. The van der Waals surface area contributed by atoms with E-state index in [9.17, 15) is 4.79 Å². The summed E-state index contributed by atoms with van der Waals surface area (Å²) in [4.78, 5) is 19.8. The Bertz CT molecular complexity index is 1390. The lowest BCUT2D eigenvalue weighted by atomic mass is 10.0. The van der Waals surface area contributed by atoms with E-state index < -0.39 is 0 Å². The van der Waals surface area contributed by atoms with Crippen molar-refractivity contribution in [1.82, 2.24) is 9.55 Å². The van der Waals surface area contributed by atoms with Gasteiger partial charge in [0, 0.05) is 36.1 Å². The molecule has 2 heterocycles. The number of halogens is 1. The first-order chi connectivity index (χ1) is 17.4. The zero-order valence-corrected chi connectivity index (χ0v) is 21.8. The van der Waals surface area contributed by atoms with Crippen molar-refractivity contribution >= 4 is 34.2 Å². The van der Waals surface area contributed by atoms with Gasteiger partial charge in [0.2, 0.25) is 5.91 Å². The molecule has 0 saturated carbocycles. The minimum absolute atomic E-state index is 0.0223. The topological polar surface area (TPSA) is 47.4 Å². The number of ether oxygens (including phenoxy) is 1. The van der Waals surface area contributed by atoms with E-state index in [0.717, 1.165) is 41.3 Å². The quantitative estimate of drug-likeness (QED) is 0.242. The van der Waals surface area contributed by atoms with Gasteiger partial charge in [-0.1, -0.05) is 55.8 Å². The summed E-state index contributed by atoms with van der Waals surface area (Å²) in [6.45, 7) is 8.47. The van der Waals surface area contributed by atoms with E-state index in [1.54, 1.807) is 0 Å². The first-order valence-corrected chi connectivity index (χ1v) is 13.0. The number of rotatable bonds is 8. The Labute approximate surface area is 217 Å². The molecule has 0 aliphatic carbocycles. The number of aryl methyl sites for hydroxylation is 2. The van der Waals surface area contributed by atoms with E-state index in [1.165, 1.54) is 11.1 Å². The number of carbonyl (C=O) groups is 1. The van der Waals surface area contributed by atoms with Gasteiger partial charge in [0.1, 0.15) is 11.6 Å². The van der Waals surface area contributed by atoms with Crippen LogP contribution < -0.4 is 9.64 Å². The molecule has 1 aromatic heterocycles. The molecule has 1 atom stereocenters. The summed E-state index contributed by atoms with van der Waals surface area (Å²) in [6, 6.07) is 22.1. The number of hydrogen-bond acceptors (Lipinski definition) is 3. The molecule has 5 rings (SSSR count). The lowest BCUT2D eigenvalue weighted by molar-refractivity contribution is -0.117. The second-order valence-electron chi connectivity index (χ2n) is 9.89. The predicted molar refractivity (Wildman–Crippen MR) is 146 cm³/mol. The molecule has 0 radical (unpaired) electrons. The average molecular weight is 502 g/mol. The molecule has 0 N–H and O–H groups in total. The number of amides is 1. The van der Waals surface area contributed by atoms with E-state index in [1.807, 2.05) is 47.4 Å². The van der Waals surface area contributed by atoms with Gasteiger partial charge in [0.15, 0.2) is 0 Å². The molecule has 186 valence electrons. The fourth-order valence-electron chi connectivity index (χ4n) is 5.06. The summed E-state index contributed by atoms with van der Waals surface area (Å²) in [5.41, 5.74) is 5.33. The maximum absolute atomic E-state index is 13.0. The molecular weight excluding hydrogens is 470 g/mol. The van der Waals surface area contributed by atoms with Crippen LogP contribution in [0.2, 0.25) is 5.02 Å². The lowest BCUT2D eigenvalue weighted by Gasteiger charge is -2.18. The third kappa shape index (κ3) is 4.98. The van der Waals surface area contributed by atoms with Gasteiger partial charge in [-0.05, 0) is 66.8 Å². The van der Waals surface area contributed by atoms with Crippen LogP contribution in [0.25, 0.3) is 11.0 Å². The zero-order chi connectivity index (χ0) is 25.2. The van der Waals surface area contributed by atoms with Gasteiger partial charge >= 0.3 is 0 Å². The van der Waals surface area contributed by atoms with E-state index >= 15 is 0 Å². The molecule has 0 bridgehead atoms. The van der Waals surface area contributed by atoms with E-state index in [-0.39, 0.29) is 11.8 Å². The number of nitrogens with zero attached hydrogens (tertiary/aromatic N) is 3. The summed E-state index contributed by atoms with van der Waals surface area (Å²) >= 11 is 6.19. The van der Waals surface area contributed by atoms with Crippen LogP contribution in [-0.4, -0.2) is 28.6 Å². The Kier molecular flexibility index (Phi) is 7.01. The Balaban J connectivity index is 1.34. The summed E-state index contributed by atoms with van der Waals surface area (Å²) in [7, 11) is 0. The number of imidazole rings is 1. The molecule has 1 unspecified atom stereocenters. The molecule has 5 nitrogen and oxygen atoms in total. The SMILES string of the molecule is Cc1ccc(C(C)C)c(OCCCn2c(C3CC(=O)N(c4cccc(Cl)c4)C3)nc3ccccc32)c1. The summed E-state index contributed by atoms with van der Waals surface area (Å²) < 4.78 is 8.53. The summed E-state index contributed by atoms with van der Waals surface area (Å²) in [6.07, 6.45) is 1.28. The van der Waals surface area contributed by atoms with Gasteiger partial charge in [-0.2, -0.15) is 0 Å². The molecule has 1 aliphatic rings. The van der Waals surface area contributed by atoms with Crippen molar-refractivity contribution in [2.75, 3.05) is 18.1 Å². The number of hydrogen-bond donors (Lipinski definition) is 0. The van der Waals surface area contributed by atoms with Crippen molar-refractivity contribution < 1.29 is 9.53 Å². The third-order valence-electron chi connectivity index (χ3n) is 6.87. The molecule has 1 amide bonds. The van der Waals surface area contributed by atoms with Crippen molar-refractivity contribution in [3.8, 4) is 5.75 Å². The largest absolute Gasteiger partial charge is 0.493 e. The smallest absolute Gasteiger partial charge is 0.227 e. The van der Waals surface area contributed by atoms with Gasteiger partial charge < -0.3 is 14.2 Å². The van der Waals surface area contributed by atoms with Gasteiger partial charge in [0.25, 0.3) is 0 Å². The van der Waals surface area contributed by atoms with Crippen LogP contribution in [-0.2, 0) is 11.3 Å². The average Bonchev–Trinajstić information content (AvgIpc) is 3.42. The Morgan fingerprint density at radius 1 is 1.08 bits per heavy atom. The fourth-order valence-corrected chi connectivity index (χ4v) is 5.25. The van der Waals surface area contributed by atoms with Crippen LogP contribution >= 0.6 is 11.6 Å². The molecule has 1 fully saturated rings. The maximum atomic E-state index is 13.0. The van der Waals surface area contributed by atoms with Crippen molar-refractivity contribution in [3.05, 3.63) is 88.7 Å². The molecule has 36 heavy (non-hydrogen) atoms. The van der Waals surface area contributed by atoms with Gasteiger partial charge in [-0.15, -0.1) is 0 Å². The molecule has 6 heteroatoms. The van der Waals surface area contributed by atoms with Crippen LogP contribution in [0.15, 0.2) is 66.7 Å². The highest BCUT2D eigenvalue weighted by Crippen LogP contribution is 2.34. The monoisotopic (exact) mass is 501 g/mol. The second-order valence-corrected chi connectivity index (χ2v) is 10.3. The number of carbonyl (C=O) groups excluding carboxylic acids is 1. The normalized spacial score (nSPS) is 15.9. The first kappa shape index (κ1) is 24.4. The maximum Gasteiger partial charge on any atom is 0.227 e. The highest BCUT2D eigenvalue weighted by atomic mass is 35.5. The van der Waals surface area contributed by atoms with Crippen LogP contribution in [0.5, 0.6) is 5.75 Å². The number of para-hydroxylation sites is 2. The Morgan fingerprint density at radius 2 is 1.92 bits per heavy atom. The van der Waals surface area contributed by atoms with Crippen molar-refractivity contribution in [1.29, 1.82) is 0 Å². The third-order valence-corrected chi connectivity index (χ3v) is 7.10. The van der Waals surface area contributed by atoms with Crippen LogP contribution in [0.4, 0.5) is 5.69 Å². The van der Waals surface area contributed by atoms with Gasteiger partial charge in [-0.25, -0.2) is 4.98 Å². The predicted octanol–water partition coefficient (Wildman–Crippen LogP) is 7.11. The first-order valence-electron chi connectivity index (χ1n) is 12.6. The number of fused-ring (bicyclic) bond motifs is 1. The lowest BCUT2D eigenvalue weighted by Crippen LogP contribution is -2.24. The summed E-state index contributed by atoms with van der Waals surface area (Å²) in [5.74, 6) is 2.47.